The summed E-state index contributed by atoms with van der Waals surface area (Å²) in [4.78, 5) is 27.8. The molecule has 0 radical (unpaired) electrons. The van der Waals surface area contributed by atoms with Gasteiger partial charge in [-0.15, -0.1) is 0 Å². The van der Waals surface area contributed by atoms with Crippen LogP contribution < -0.4 is 0 Å². The van der Waals surface area contributed by atoms with Crippen LogP contribution in [0.5, 0.6) is 0 Å². The normalized spacial score (nSPS) is 20.8. The van der Waals surface area contributed by atoms with Crippen LogP contribution in [0.4, 0.5) is 4.39 Å². The monoisotopic (exact) mass is 529 g/mol. The summed E-state index contributed by atoms with van der Waals surface area (Å²) < 4.78 is 19.9. The van der Waals surface area contributed by atoms with E-state index in [1.165, 1.54) is 17.0 Å². The van der Waals surface area contributed by atoms with Crippen LogP contribution in [0.3, 0.4) is 0 Å². The summed E-state index contributed by atoms with van der Waals surface area (Å²) in [5.74, 6) is -1.90. The second-order valence-electron chi connectivity index (χ2n) is 8.82. The van der Waals surface area contributed by atoms with Gasteiger partial charge in [0.2, 0.25) is 0 Å². The number of carboxylic acids is 1. The highest BCUT2D eigenvalue weighted by atomic mass is 35.5. The molecule has 8 heteroatoms. The predicted molar refractivity (Wildman–Crippen MR) is 137 cm³/mol. The number of amides is 1. The number of carbonyl (C=O) groups excluding carboxylic acids is 1. The van der Waals surface area contributed by atoms with Crippen LogP contribution in [0.2, 0.25) is 10.0 Å². The maximum Gasteiger partial charge on any atom is 0.326 e. The highest BCUT2D eigenvalue weighted by Gasteiger charge is 2.48. The standard InChI is InChI=1S/C28H26Cl2FNO4/c1-2-4-23(28(34)35)32-25(18-9-11-20(29)12-10-18)26(19-5-3-6-21(30)16-19)36-24(27(32)33)15-17-7-13-22(31)14-8-17/h3,5-14,16,23-26H,2,4,15H2,1H3,(H,34,35)/t23-,24?,25-,26+/m1/s1. The molecule has 3 aromatic rings. The van der Waals surface area contributed by atoms with Gasteiger partial charge in [-0.05, 0) is 59.5 Å². The van der Waals surface area contributed by atoms with Crippen LogP contribution in [0.1, 0.15) is 48.6 Å². The van der Waals surface area contributed by atoms with Crippen molar-refractivity contribution in [2.45, 2.75) is 50.5 Å². The van der Waals surface area contributed by atoms with Gasteiger partial charge in [-0.1, -0.05) is 72.9 Å². The van der Waals surface area contributed by atoms with Crippen LogP contribution in [0, 0.1) is 5.82 Å². The van der Waals surface area contributed by atoms with E-state index in [1.807, 2.05) is 13.0 Å². The van der Waals surface area contributed by atoms with Crippen LogP contribution in [-0.4, -0.2) is 34.0 Å². The molecule has 0 saturated carbocycles. The number of carbonyl (C=O) groups is 2. The van der Waals surface area contributed by atoms with E-state index in [-0.39, 0.29) is 18.7 Å². The number of halogens is 3. The molecule has 0 aliphatic carbocycles. The number of hydrogen-bond donors (Lipinski definition) is 1. The van der Waals surface area contributed by atoms with Gasteiger partial charge in [-0.25, -0.2) is 9.18 Å². The Morgan fingerprint density at radius 2 is 1.72 bits per heavy atom. The van der Waals surface area contributed by atoms with Crippen LogP contribution in [-0.2, 0) is 20.7 Å². The van der Waals surface area contributed by atoms with Crippen molar-refractivity contribution < 1.29 is 23.8 Å². The zero-order valence-electron chi connectivity index (χ0n) is 19.6. The molecule has 0 bridgehead atoms. The minimum atomic E-state index is -1.09. The molecule has 1 saturated heterocycles. The third-order valence-electron chi connectivity index (χ3n) is 6.33. The summed E-state index contributed by atoms with van der Waals surface area (Å²) >= 11 is 12.4. The topological polar surface area (TPSA) is 66.8 Å². The number of ether oxygens (including phenoxy) is 1. The van der Waals surface area contributed by atoms with Gasteiger partial charge in [0.1, 0.15) is 24.1 Å². The van der Waals surface area contributed by atoms with Crippen molar-refractivity contribution in [2.75, 3.05) is 0 Å². The van der Waals surface area contributed by atoms with Crippen molar-refractivity contribution >= 4 is 35.1 Å². The molecule has 5 nitrogen and oxygen atoms in total. The Balaban J connectivity index is 1.85. The van der Waals surface area contributed by atoms with E-state index in [9.17, 15) is 19.1 Å². The third-order valence-corrected chi connectivity index (χ3v) is 6.82. The zero-order valence-corrected chi connectivity index (χ0v) is 21.1. The first kappa shape index (κ1) is 26.1. The minimum absolute atomic E-state index is 0.165. The van der Waals surface area contributed by atoms with Crippen molar-refractivity contribution in [3.63, 3.8) is 0 Å². The molecule has 36 heavy (non-hydrogen) atoms. The number of hydrogen-bond acceptors (Lipinski definition) is 3. The van der Waals surface area contributed by atoms with E-state index in [0.29, 0.717) is 33.2 Å². The number of rotatable bonds is 8. The highest BCUT2D eigenvalue weighted by Crippen LogP contribution is 2.44. The number of morpholine rings is 1. The number of nitrogens with zero attached hydrogens (tertiary/aromatic N) is 1. The maximum absolute atomic E-state index is 13.9. The molecule has 1 unspecified atom stereocenters. The van der Waals surface area contributed by atoms with Crippen molar-refractivity contribution in [2.24, 2.45) is 0 Å². The molecule has 4 rings (SSSR count). The Bertz CT molecular complexity index is 1220. The molecular formula is C28H26Cl2FNO4. The molecule has 1 fully saturated rings. The SMILES string of the molecule is CCC[C@H](C(=O)O)N1C(=O)C(Cc2ccc(F)cc2)O[C@@H](c2cccc(Cl)c2)[C@H]1c1ccc(Cl)cc1. The Labute approximate surface area is 219 Å². The molecule has 0 aromatic heterocycles. The third kappa shape index (κ3) is 5.72. The molecule has 1 amide bonds. The van der Waals surface area contributed by atoms with Crippen molar-refractivity contribution in [1.29, 1.82) is 0 Å². The highest BCUT2D eigenvalue weighted by molar-refractivity contribution is 6.30. The van der Waals surface area contributed by atoms with Gasteiger partial charge in [0.15, 0.2) is 0 Å². The zero-order chi connectivity index (χ0) is 25.8. The van der Waals surface area contributed by atoms with Crippen molar-refractivity contribution in [3.8, 4) is 0 Å². The lowest BCUT2D eigenvalue weighted by atomic mass is 9.88. The molecule has 4 atom stereocenters. The van der Waals surface area contributed by atoms with Gasteiger partial charge in [-0.2, -0.15) is 0 Å². The summed E-state index contributed by atoms with van der Waals surface area (Å²) in [5.41, 5.74) is 2.11. The molecule has 0 spiro atoms. The fraction of sp³-hybridized carbons (Fsp3) is 0.286. The van der Waals surface area contributed by atoms with E-state index >= 15 is 0 Å². The smallest absolute Gasteiger partial charge is 0.326 e. The lowest BCUT2D eigenvalue weighted by molar-refractivity contribution is -0.184. The lowest BCUT2D eigenvalue weighted by Gasteiger charge is -2.47. The Kier molecular flexibility index (Phi) is 8.29. The number of carboxylic acid groups (broad SMARTS) is 1. The summed E-state index contributed by atoms with van der Waals surface area (Å²) in [6, 6.07) is 18.1. The molecule has 1 aliphatic heterocycles. The van der Waals surface area contributed by atoms with Crippen LogP contribution in [0.25, 0.3) is 0 Å². The fourth-order valence-electron chi connectivity index (χ4n) is 4.67. The summed E-state index contributed by atoms with van der Waals surface area (Å²) in [6.45, 7) is 1.88. The minimum Gasteiger partial charge on any atom is -0.480 e. The molecule has 1 heterocycles. The Morgan fingerprint density at radius 1 is 1.03 bits per heavy atom. The fourth-order valence-corrected chi connectivity index (χ4v) is 5.00. The van der Waals surface area contributed by atoms with E-state index in [1.54, 1.807) is 54.6 Å². The van der Waals surface area contributed by atoms with Gasteiger partial charge < -0.3 is 14.7 Å². The van der Waals surface area contributed by atoms with Gasteiger partial charge in [-0.3, -0.25) is 4.79 Å². The van der Waals surface area contributed by atoms with Crippen LogP contribution in [0.15, 0.2) is 72.8 Å². The predicted octanol–water partition coefficient (Wildman–Crippen LogP) is 6.64. The quantitative estimate of drug-likeness (QED) is 0.355. The first-order valence-corrected chi connectivity index (χ1v) is 12.5. The summed E-state index contributed by atoms with van der Waals surface area (Å²) in [5, 5.41) is 11.2. The average Bonchev–Trinajstić information content (AvgIpc) is 2.85. The van der Waals surface area contributed by atoms with Gasteiger partial charge in [0.25, 0.3) is 5.91 Å². The molecule has 1 aliphatic rings. The largest absolute Gasteiger partial charge is 0.480 e. The second kappa shape index (κ2) is 11.4. The van der Waals surface area contributed by atoms with Gasteiger partial charge >= 0.3 is 5.97 Å². The van der Waals surface area contributed by atoms with Crippen LogP contribution >= 0.6 is 23.2 Å². The van der Waals surface area contributed by atoms with E-state index < -0.39 is 36.2 Å². The van der Waals surface area contributed by atoms with Crippen molar-refractivity contribution in [1.82, 2.24) is 4.90 Å². The lowest BCUT2D eigenvalue weighted by Crippen LogP contribution is -2.57. The molecule has 3 aromatic carbocycles. The van der Waals surface area contributed by atoms with Gasteiger partial charge in [0, 0.05) is 16.5 Å². The molecular weight excluding hydrogens is 504 g/mol. The molecule has 188 valence electrons. The summed E-state index contributed by atoms with van der Waals surface area (Å²) in [7, 11) is 0. The van der Waals surface area contributed by atoms with Gasteiger partial charge in [0.05, 0.1) is 6.04 Å². The molecule has 1 N–H and O–H groups in total. The van der Waals surface area contributed by atoms with E-state index in [4.69, 9.17) is 27.9 Å². The first-order chi connectivity index (χ1) is 17.3. The Morgan fingerprint density at radius 3 is 2.33 bits per heavy atom. The average molecular weight is 530 g/mol. The second-order valence-corrected chi connectivity index (χ2v) is 9.69. The summed E-state index contributed by atoms with van der Waals surface area (Å²) in [6.07, 6.45) is -0.664. The Hall–Kier alpha value is -2.93. The number of aliphatic carboxylic acids is 1. The van der Waals surface area contributed by atoms with Crippen molar-refractivity contribution in [3.05, 3.63) is 105 Å². The van der Waals surface area contributed by atoms with E-state index in [2.05, 4.69) is 0 Å². The first-order valence-electron chi connectivity index (χ1n) is 11.7. The van der Waals surface area contributed by atoms with E-state index in [0.717, 1.165) is 0 Å². The maximum atomic E-state index is 13.9. The number of benzene rings is 3.